The Morgan fingerprint density at radius 1 is 1.07 bits per heavy atom. The van der Waals surface area contributed by atoms with Gasteiger partial charge in [-0.15, -0.1) is 0 Å². The van der Waals surface area contributed by atoms with Gasteiger partial charge in [-0.2, -0.15) is 26.3 Å². The van der Waals surface area contributed by atoms with Gasteiger partial charge in [0.05, 0.1) is 30.5 Å². The number of cyclic esters (lactones) is 1. The summed E-state index contributed by atoms with van der Waals surface area (Å²) in [5.74, 6) is -1.64. The summed E-state index contributed by atoms with van der Waals surface area (Å²) in [5.41, 5.74) is -1.31. The fourth-order valence-corrected chi connectivity index (χ4v) is 5.75. The first-order chi connectivity index (χ1) is 20.5. The van der Waals surface area contributed by atoms with Crippen LogP contribution in [0.2, 0.25) is 0 Å². The Kier molecular flexibility index (Phi) is 7.91. The Bertz CT molecular complexity index is 1560. The Hall–Kier alpha value is -4.10. The molecule has 236 valence electrons. The first-order valence-electron chi connectivity index (χ1n) is 13.7. The number of allylic oxidation sites excluding steroid dienone is 3. The van der Waals surface area contributed by atoms with Crippen LogP contribution in [0.15, 0.2) is 53.8 Å². The van der Waals surface area contributed by atoms with Gasteiger partial charge in [0.25, 0.3) is 0 Å². The summed E-state index contributed by atoms with van der Waals surface area (Å²) in [6, 6.07) is 0.927. The minimum Gasteiger partial charge on any atom is -0.496 e. The van der Waals surface area contributed by atoms with Gasteiger partial charge >= 0.3 is 18.4 Å². The molecule has 0 spiro atoms. The predicted molar refractivity (Wildman–Crippen MR) is 147 cm³/mol. The molecule has 1 fully saturated rings. The summed E-state index contributed by atoms with van der Waals surface area (Å²) >= 11 is 0. The third-order valence-electron chi connectivity index (χ3n) is 7.90. The standard InChI is InChI=1S/C30H29F7N4O3/c1-14(2)18-11-19(24(43-5)12-21(18)31)20-13-38-27(40(3)4)39-25(20)22-6-7-23-26(44-28(42)41(22)23)15-8-16(29(32,33)34)10-17(9-15)30(35,36)37/h6-8,10-15,22-23,26H,9H2,1-5H3/t15?,22-,23?,26+/m0/s1. The van der Waals surface area contributed by atoms with Gasteiger partial charge in [0.1, 0.15) is 17.7 Å². The predicted octanol–water partition coefficient (Wildman–Crippen LogP) is 7.28. The van der Waals surface area contributed by atoms with Gasteiger partial charge in [-0.25, -0.2) is 19.2 Å². The van der Waals surface area contributed by atoms with E-state index in [1.54, 1.807) is 31.1 Å². The van der Waals surface area contributed by atoms with Crippen LogP contribution in [-0.2, 0) is 4.74 Å². The molecule has 14 heteroatoms. The number of hydrogen-bond donors (Lipinski definition) is 0. The normalized spacial score (nSPS) is 23.5. The number of carbonyl (C=O) groups is 1. The average molecular weight is 627 g/mol. The maximum absolute atomic E-state index is 14.9. The van der Waals surface area contributed by atoms with E-state index >= 15 is 0 Å². The first-order valence-corrected chi connectivity index (χ1v) is 13.7. The number of ether oxygens (including phenoxy) is 2. The lowest BCUT2D eigenvalue weighted by Crippen LogP contribution is -2.38. The number of rotatable bonds is 6. The molecule has 5 rings (SSSR count). The van der Waals surface area contributed by atoms with Gasteiger partial charge in [-0.05, 0) is 30.0 Å². The van der Waals surface area contributed by atoms with Crippen molar-refractivity contribution in [2.45, 2.75) is 56.7 Å². The maximum atomic E-state index is 14.9. The lowest BCUT2D eigenvalue weighted by Gasteiger charge is -2.29. The molecule has 0 radical (unpaired) electrons. The van der Waals surface area contributed by atoms with Crippen LogP contribution >= 0.6 is 0 Å². The van der Waals surface area contributed by atoms with Crippen LogP contribution in [0.3, 0.4) is 0 Å². The second-order valence-electron chi connectivity index (χ2n) is 11.3. The summed E-state index contributed by atoms with van der Waals surface area (Å²) in [6.45, 7) is 3.63. The number of hydrogen-bond acceptors (Lipinski definition) is 6. The van der Waals surface area contributed by atoms with Crippen molar-refractivity contribution in [1.29, 1.82) is 0 Å². The highest BCUT2D eigenvalue weighted by atomic mass is 19.4. The number of halogens is 7. The number of methoxy groups -OCH3 is 1. The van der Waals surface area contributed by atoms with E-state index in [2.05, 4.69) is 9.97 Å². The molecule has 2 aliphatic heterocycles. The zero-order valence-corrected chi connectivity index (χ0v) is 24.3. The molecule has 0 saturated carbocycles. The van der Waals surface area contributed by atoms with E-state index in [4.69, 9.17) is 9.47 Å². The Balaban J connectivity index is 1.58. The van der Waals surface area contributed by atoms with Crippen LogP contribution in [0, 0.1) is 11.7 Å². The molecule has 2 aromatic rings. The number of aromatic nitrogens is 2. The van der Waals surface area contributed by atoms with Crippen molar-refractivity contribution in [3.8, 4) is 16.9 Å². The highest BCUT2D eigenvalue weighted by Crippen LogP contribution is 2.48. The van der Waals surface area contributed by atoms with E-state index in [0.29, 0.717) is 22.8 Å². The number of alkyl halides is 6. The zero-order chi connectivity index (χ0) is 32.3. The molecule has 2 unspecified atom stereocenters. The van der Waals surface area contributed by atoms with Crippen LogP contribution in [0.1, 0.15) is 43.5 Å². The smallest absolute Gasteiger partial charge is 0.416 e. The van der Waals surface area contributed by atoms with Crippen LogP contribution in [0.4, 0.5) is 41.5 Å². The van der Waals surface area contributed by atoms with Crippen molar-refractivity contribution in [2.75, 3.05) is 26.1 Å². The maximum Gasteiger partial charge on any atom is 0.416 e. The molecule has 3 heterocycles. The summed E-state index contributed by atoms with van der Waals surface area (Å²) in [6.07, 6.45) is -7.69. The summed E-state index contributed by atoms with van der Waals surface area (Å²) < 4.78 is 107. The molecule has 1 aromatic heterocycles. The molecule has 1 saturated heterocycles. The quantitative estimate of drug-likeness (QED) is 0.248. The van der Waals surface area contributed by atoms with E-state index in [9.17, 15) is 35.5 Å². The van der Waals surface area contributed by atoms with Crippen molar-refractivity contribution in [2.24, 2.45) is 5.92 Å². The number of carbonyl (C=O) groups excluding carboxylic acids is 1. The van der Waals surface area contributed by atoms with Crippen molar-refractivity contribution in [3.05, 3.63) is 70.9 Å². The van der Waals surface area contributed by atoms with Crippen LogP contribution < -0.4 is 9.64 Å². The third-order valence-corrected chi connectivity index (χ3v) is 7.90. The monoisotopic (exact) mass is 626 g/mol. The minimum atomic E-state index is -5.03. The number of amides is 1. The largest absolute Gasteiger partial charge is 0.496 e. The van der Waals surface area contributed by atoms with Crippen LogP contribution in [0.25, 0.3) is 11.1 Å². The van der Waals surface area contributed by atoms with Crippen molar-refractivity contribution >= 4 is 12.0 Å². The van der Waals surface area contributed by atoms with Crippen molar-refractivity contribution in [3.63, 3.8) is 0 Å². The molecule has 1 amide bonds. The second kappa shape index (κ2) is 11.1. The first kappa shape index (κ1) is 31.3. The number of fused-ring (bicyclic) bond motifs is 1. The van der Waals surface area contributed by atoms with Gasteiger partial charge in [-0.3, -0.25) is 4.90 Å². The van der Waals surface area contributed by atoms with Crippen molar-refractivity contribution < 1.29 is 45.0 Å². The molecule has 4 atom stereocenters. The lowest BCUT2D eigenvalue weighted by molar-refractivity contribution is -0.101. The van der Waals surface area contributed by atoms with E-state index in [1.807, 2.05) is 13.8 Å². The van der Waals surface area contributed by atoms with Gasteiger partial charge in [-0.1, -0.05) is 32.1 Å². The third kappa shape index (κ3) is 5.61. The topological polar surface area (TPSA) is 67.8 Å². The Morgan fingerprint density at radius 3 is 2.36 bits per heavy atom. The molecule has 7 nitrogen and oxygen atoms in total. The van der Waals surface area contributed by atoms with Crippen LogP contribution in [-0.4, -0.2) is 66.7 Å². The van der Waals surface area contributed by atoms with Gasteiger partial charge < -0.3 is 14.4 Å². The molecule has 0 N–H and O–H groups in total. The SMILES string of the molecule is COc1cc(F)c(C(C)C)cc1-c1cnc(N(C)C)nc1[C@@H]1C=CC2[C@@H](C3C=C(C(F)(F)F)C=C(C(F)(F)F)C3)OC(=O)N21. The Labute approximate surface area is 248 Å². The summed E-state index contributed by atoms with van der Waals surface area (Å²) in [7, 11) is 4.76. The lowest BCUT2D eigenvalue weighted by atomic mass is 9.83. The zero-order valence-electron chi connectivity index (χ0n) is 24.3. The molecular formula is C30H29F7N4O3. The number of benzene rings is 1. The van der Waals surface area contributed by atoms with E-state index in [-0.39, 0.29) is 29.4 Å². The minimum absolute atomic E-state index is 0.0930. The van der Waals surface area contributed by atoms with Gasteiger partial charge in [0, 0.05) is 49.0 Å². The van der Waals surface area contributed by atoms with E-state index in [1.165, 1.54) is 30.3 Å². The fourth-order valence-electron chi connectivity index (χ4n) is 5.75. The molecule has 0 bridgehead atoms. The van der Waals surface area contributed by atoms with Gasteiger partial charge in [0.15, 0.2) is 0 Å². The van der Waals surface area contributed by atoms with Gasteiger partial charge in [0.2, 0.25) is 5.95 Å². The van der Waals surface area contributed by atoms with Crippen LogP contribution in [0.5, 0.6) is 5.75 Å². The molecule has 1 aromatic carbocycles. The average Bonchev–Trinajstić information content (AvgIpc) is 3.52. The summed E-state index contributed by atoms with van der Waals surface area (Å²) in [4.78, 5) is 25.2. The highest BCUT2D eigenvalue weighted by Gasteiger charge is 2.53. The van der Waals surface area contributed by atoms with E-state index < -0.39 is 65.9 Å². The molecule has 1 aliphatic carbocycles. The number of anilines is 1. The summed E-state index contributed by atoms with van der Waals surface area (Å²) in [5, 5.41) is 0. The molecular weight excluding hydrogens is 597 g/mol. The second-order valence-corrected chi connectivity index (χ2v) is 11.3. The van der Waals surface area contributed by atoms with Crippen molar-refractivity contribution in [1.82, 2.24) is 14.9 Å². The highest BCUT2D eigenvalue weighted by molar-refractivity contribution is 5.77. The number of nitrogens with zero attached hydrogens (tertiary/aromatic N) is 4. The molecule has 44 heavy (non-hydrogen) atoms. The fraction of sp³-hybridized carbons (Fsp3) is 0.433. The Morgan fingerprint density at radius 2 is 1.77 bits per heavy atom. The molecule has 3 aliphatic rings. The van der Waals surface area contributed by atoms with E-state index in [0.717, 1.165) is 0 Å².